The van der Waals surface area contributed by atoms with Crippen LogP contribution in [0.2, 0.25) is 0 Å². The van der Waals surface area contributed by atoms with Crippen LogP contribution in [-0.4, -0.2) is 18.9 Å². The van der Waals surface area contributed by atoms with Crippen molar-refractivity contribution in [2.45, 2.75) is 33.4 Å². The number of carbonyl (C=O) groups is 1. The van der Waals surface area contributed by atoms with Gasteiger partial charge >= 0.3 is 6.18 Å². The van der Waals surface area contributed by atoms with Gasteiger partial charge in [-0.1, -0.05) is 19.9 Å². The molecule has 0 amide bonds. The van der Waals surface area contributed by atoms with E-state index in [0.29, 0.717) is 17.7 Å². The van der Waals surface area contributed by atoms with Crippen LogP contribution in [-0.2, 0) is 6.18 Å². The van der Waals surface area contributed by atoms with Crippen molar-refractivity contribution in [1.29, 1.82) is 0 Å². The van der Waals surface area contributed by atoms with Gasteiger partial charge in [-0.3, -0.25) is 4.79 Å². The summed E-state index contributed by atoms with van der Waals surface area (Å²) < 4.78 is 38.1. The van der Waals surface area contributed by atoms with Gasteiger partial charge in [0.15, 0.2) is 5.78 Å². The van der Waals surface area contributed by atoms with Crippen molar-refractivity contribution in [3.8, 4) is 0 Å². The van der Waals surface area contributed by atoms with Gasteiger partial charge in [-0.2, -0.15) is 13.2 Å². The second kappa shape index (κ2) is 5.44. The van der Waals surface area contributed by atoms with Gasteiger partial charge in [-0.25, -0.2) is 0 Å². The summed E-state index contributed by atoms with van der Waals surface area (Å²) >= 11 is 0. The van der Waals surface area contributed by atoms with Gasteiger partial charge < -0.3 is 5.32 Å². The average Bonchev–Trinajstić information content (AvgIpc) is 2.87. The molecular formula is C16H20F3NO. The first kappa shape index (κ1) is 16.0. The van der Waals surface area contributed by atoms with E-state index in [1.807, 2.05) is 13.8 Å². The lowest BCUT2D eigenvalue weighted by atomic mass is 9.70. The first-order valence-corrected chi connectivity index (χ1v) is 7.12. The summed E-state index contributed by atoms with van der Waals surface area (Å²) in [7, 11) is 0. The second-order valence-corrected chi connectivity index (χ2v) is 6.09. The van der Waals surface area contributed by atoms with Crippen LogP contribution in [0.25, 0.3) is 0 Å². The van der Waals surface area contributed by atoms with E-state index in [0.717, 1.165) is 25.1 Å². The van der Waals surface area contributed by atoms with Gasteiger partial charge in [0.1, 0.15) is 0 Å². The number of nitrogens with one attached hydrogen (secondary N) is 1. The molecule has 1 fully saturated rings. The molecule has 1 saturated heterocycles. The third-order valence-corrected chi connectivity index (χ3v) is 4.54. The molecule has 0 spiro atoms. The first-order valence-electron chi connectivity index (χ1n) is 7.12. The zero-order chi connectivity index (χ0) is 15.8. The summed E-state index contributed by atoms with van der Waals surface area (Å²) in [5.41, 5.74) is -0.424. The van der Waals surface area contributed by atoms with E-state index in [4.69, 9.17) is 0 Å². The molecule has 1 unspecified atom stereocenters. The molecule has 1 aliphatic rings. The van der Waals surface area contributed by atoms with Crippen molar-refractivity contribution in [3.63, 3.8) is 0 Å². The molecule has 0 saturated carbocycles. The maximum Gasteiger partial charge on any atom is 0.416 e. The summed E-state index contributed by atoms with van der Waals surface area (Å²) in [6.07, 6.45) is -3.65. The minimum absolute atomic E-state index is 0.0475. The molecule has 1 aromatic rings. The lowest BCUT2D eigenvalue weighted by molar-refractivity contribution is -0.137. The van der Waals surface area contributed by atoms with E-state index in [1.54, 1.807) is 6.92 Å². The zero-order valence-electron chi connectivity index (χ0n) is 12.5. The topological polar surface area (TPSA) is 29.1 Å². The highest BCUT2D eigenvalue weighted by molar-refractivity contribution is 6.02. The van der Waals surface area contributed by atoms with Gasteiger partial charge in [0.05, 0.1) is 5.56 Å². The highest BCUT2D eigenvalue weighted by Crippen LogP contribution is 2.39. The number of rotatable bonds is 3. The summed E-state index contributed by atoms with van der Waals surface area (Å²) in [6, 6.07) is 3.38. The second-order valence-electron chi connectivity index (χ2n) is 6.09. The molecule has 0 bridgehead atoms. The standard InChI is InChI=1S/C16H20F3NO/c1-10(2)15(6-7-20-9-15)14(21)13-5-4-12(8-11(13)3)16(17,18)19/h4-5,8,10,20H,6-7,9H2,1-3H3. The lowest BCUT2D eigenvalue weighted by Crippen LogP contribution is -2.39. The van der Waals surface area contributed by atoms with Crippen LogP contribution in [0.4, 0.5) is 13.2 Å². The maximum absolute atomic E-state index is 12.9. The molecule has 21 heavy (non-hydrogen) atoms. The van der Waals surface area contributed by atoms with Gasteiger partial charge in [-0.05, 0) is 43.5 Å². The number of hydrogen-bond acceptors (Lipinski definition) is 2. The SMILES string of the molecule is Cc1cc(C(F)(F)F)ccc1C(=O)C1(C(C)C)CCNC1. The fourth-order valence-corrected chi connectivity index (χ4v) is 3.02. The Morgan fingerprint density at radius 3 is 2.43 bits per heavy atom. The Kier molecular flexibility index (Phi) is 4.15. The summed E-state index contributed by atoms with van der Waals surface area (Å²) in [6.45, 7) is 6.90. The Balaban J connectivity index is 2.40. The summed E-state index contributed by atoms with van der Waals surface area (Å²) in [5, 5.41) is 3.20. The largest absolute Gasteiger partial charge is 0.416 e. The molecule has 1 aromatic carbocycles. The molecule has 5 heteroatoms. The maximum atomic E-state index is 12.9. The van der Waals surface area contributed by atoms with Crippen LogP contribution >= 0.6 is 0 Å². The number of ketones is 1. The average molecular weight is 299 g/mol. The van der Waals surface area contributed by atoms with Crippen molar-refractivity contribution < 1.29 is 18.0 Å². The van der Waals surface area contributed by atoms with Crippen molar-refractivity contribution >= 4 is 5.78 Å². The van der Waals surface area contributed by atoms with E-state index >= 15 is 0 Å². The van der Waals surface area contributed by atoms with Gasteiger partial charge in [0.25, 0.3) is 0 Å². The van der Waals surface area contributed by atoms with Crippen molar-refractivity contribution in [2.24, 2.45) is 11.3 Å². The predicted molar refractivity (Wildman–Crippen MR) is 75.3 cm³/mol. The predicted octanol–water partition coefficient (Wildman–Crippen LogP) is 3.83. The summed E-state index contributed by atoms with van der Waals surface area (Å²) in [5.74, 6) is 0.0930. The lowest BCUT2D eigenvalue weighted by Gasteiger charge is -2.31. The van der Waals surface area contributed by atoms with E-state index in [2.05, 4.69) is 5.32 Å². The Labute approximate surface area is 122 Å². The van der Waals surface area contributed by atoms with Gasteiger partial charge in [0, 0.05) is 17.5 Å². The Morgan fingerprint density at radius 2 is 2.00 bits per heavy atom. The summed E-state index contributed by atoms with van der Waals surface area (Å²) in [4.78, 5) is 12.9. The molecular weight excluding hydrogens is 279 g/mol. The monoisotopic (exact) mass is 299 g/mol. The third-order valence-electron chi connectivity index (χ3n) is 4.54. The van der Waals surface area contributed by atoms with Crippen molar-refractivity contribution in [2.75, 3.05) is 13.1 Å². The zero-order valence-corrected chi connectivity index (χ0v) is 12.5. The van der Waals surface area contributed by atoms with Crippen LogP contribution in [0.3, 0.4) is 0 Å². The Bertz CT molecular complexity index is 543. The molecule has 0 aliphatic carbocycles. The van der Waals surface area contributed by atoms with Crippen molar-refractivity contribution in [3.05, 3.63) is 34.9 Å². The molecule has 2 nitrogen and oxygen atoms in total. The Hall–Kier alpha value is -1.36. The highest BCUT2D eigenvalue weighted by Gasteiger charge is 2.44. The number of hydrogen-bond donors (Lipinski definition) is 1. The number of Topliss-reactive ketones (excluding diaryl/α,β-unsaturated/α-hetero) is 1. The smallest absolute Gasteiger partial charge is 0.316 e. The van der Waals surface area contributed by atoms with Crippen LogP contribution in [0.1, 0.15) is 41.8 Å². The van der Waals surface area contributed by atoms with Crippen LogP contribution in [0.5, 0.6) is 0 Å². The number of benzene rings is 1. The van der Waals surface area contributed by atoms with Crippen LogP contribution < -0.4 is 5.32 Å². The van der Waals surface area contributed by atoms with Gasteiger partial charge in [0.2, 0.25) is 0 Å². The first-order chi connectivity index (χ1) is 9.68. The highest BCUT2D eigenvalue weighted by atomic mass is 19.4. The number of alkyl halides is 3. The molecule has 0 aromatic heterocycles. The quantitative estimate of drug-likeness (QED) is 0.859. The Morgan fingerprint density at radius 1 is 1.33 bits per heavy atom. The molecule has 1 N–H and O–H groups in total. The fourth-order valence-electron chi connectivity index (χ4n) is 3.02. The van der Waals surface area contributed by atoms with Crippen LogP contribution in [0.15, 0.2) is 18.2 Å². The van der Waals surface area contributed by atoms with Crippen LogP contribution in [0, 0.1) is 18.3 Å². The van der Waals surface area contributed by atoms with Gasteiger partial charge in [-0.15, -0.1) is 0 Å². The molecule has 1 atom stereocenters. The van der Waals surface area contributed by atoms with Crippen molar-refractivity contribution in [1.82, 2.24) is 5.32 Å². The van der Waals surface area contributed by atoms with E-state index in [1.165, 1.54) is 6.07 Å². The fraction of sp³-hybridized carbons (Fsp3) is 0.562. The minimum Gasteiger partial charge on any atom is -0.316 e. The molecule has 1 aliphatic heterocycles. The number of halogens is 3. The van der Waals surface area contributed by atoms with E-state index in [9.17, 15) is 18.0 Å². The molecule has 116 valence electrons. The molecule has 0 radical (unpaired) electrons. The number of aryl methyl sites for hydroxylation is 1. The van der Waals surface area contributed by atoms with E-state index in [-0.39, 0.29) is 11.7 Å². The molecule has 2 rings (SSSR count). The molecule has 1 heterocycles. The number of carbonyl (C=O) groups excluding carboxylic acids is 1. The van der Waals surface area contributed by atoms with E-state index < -0.39 is 17.2 Å². The third kappa shape index (κ3) is 2.84. The normalized spacial score (nSPS) is 22.8. The minimum atomic E-state index is -4.38.